The van der Waals surface area contributed by atoms with Crippen molar-refractivity contribution in [3.63, 3.8) is 0 Å². The van der Waals surface area contributed by atoms with E-state index in [0.29, 0.717) is 0 Å². The number of rotatable bonds is 2. The molecule has 0 saturated heterocycles. The first-order chi connectivity index (χ1) is 5.68. The van der Waals surface area contributed by atoms with E-state index in [-0.39, 0.29) is 0 Å². The SMILES string of the molecule is [CH2]c1ccc(/C=C/C(=O)O)cc1. The number of carboxylic acid groups (broad SMARTS) is 1. The van der Waals surface area contributed by atoms with E-state index in [1.54, 1.807) is 6.08 Å². The fourth-order valence-corrected chi connectivity index (χ4v) is 0.796. The van der Waals surface area contributed by atoms with Crippen LogP contribution in [0.3, 0.4) is 0 Å². The molecular formula is C10H9O2. The van der Waals surface area contributed by atoms with Crippen molar-refractivity contribution in [2.24, 2.45) is 0 Å². The molecular weight excluding hydrogens is 152 g/mol. The Morgan fingerprint density at radius 1 is 1.33 bits per heavy atom. The van der Waals surface area contributed by atoms with Crippen molar-refractivity contribution in [1.82, 2.24) is 0 Å². The number of hydrogen-bond donors (Lipinski definition) is 1. The molecule has 1 aromatic carbocycles. The van der Waals surface area contributed by atoms with Crippen LogP contribution in [0.25, 0.3) is 6.08 Å². The monoisotopic (exact) mass is 161 g/mol. The van der Waals surface area contributed by atoms with Crippen LogP contribution in [0.4, 0.5) is 0 Å². The lowest BCUT2D eigenvalue weighted by atomic mass is 10.1. The van der Waals surface area contributed by atoms with Crippen molar-refractivity contribution in [1.29, 1.82) is 0 Å². The Balaban J connectivity index is 2.77. The smallest absolute Gasteiger partial charge is 0.328 e. The highest BCUT2D eigenvalue weighted by atomic mass is 16.4. The Morgan fingerprint density at radius 3 is 2.42 bits per heavy atom. The minimum atomic E-state index is -0.936. The maximum Gasteiger partial charge on any atom is 0.328 e. The van der Waals surface area contributed by atoms with E-state index in [0.717, 1.165) is 17.2 Å². The minimum Gasteiger partial charge on any atom is -0.478 e. The summed E-state index contributed by atoms with van der Waals surface area (Å²) in [6, 6.07) is 7.31. The highest BCUT2D eigenvalue weighted by molar-refractivity contribution is 5.85. The molecule has 12 heavy (non-hydrogen) atoms. The molecule has 0 aliphatic rings. The Morgan fingerprint density at radius 2 is 1.92 bits per heavy atom. The molecule has 61 valence electrons. The van der Waals surface area contributed by atoms with Crippen molar-refractivity contribution in [2.75, 3.05) is 0 Å². The summed E-state index contributed by atoms with van der Waals surface area (Å²) in [5.41, 5.74) is 1.78. The van der Waals surface area contributed by atoms with E-state index in [9.17, 15) is 4.79 Å². The number of benzene rings is 1. The highest BCUT2D eigenvalue weighted by Gasteiger charge is 1.88. The fraction of sp³-hybridized carbons (Fsp3) is 0. The van der Waals surface area contributed by atoms with Crippen LogP contribution in [0.1, 0.15) is 11.1 Å². The average Bonchev–Trinajstić information content (AvgIpc) is 2.03. The third-order valence-electron chi connectivity index (χ3n) is 1.40. The Kier molecular flexibility index (Phi) is 2.64. The summed E-state index contributed by atoms with van der Waals surface area (Å²) in [7, 11) is 0. The predicted octanol–water partition coefficient (Wildman–Crippen LogP) is 1.97. The molecule has 0 aromatic heterocycles. The first-order valence-electron chi connectivity index (χ1n) is 3.51. The Labute approximate surface area is 71.2 Å². The van der Waals surface area contributed by atoms with Crippen LogP contribution < -0.4 is 0 Å². The second-order valence-electron chi connectivity index (χ2n) is 2.41. The molecule has 0 amide bonds. The molecule has 0 saturated carbocycles. The van der Waals surface area contributed by atoms with E-state index < -0.39 is 5.97 Å². The maximum atomic E-state index is 10.1. The lowest BCUT2D eigenvalue weighted by Gasteiger charge is -1.92. The van der Waals surface area contributed by atoms with Gasteiger partial charge in [-0.05, 0) is 24.1 Å². The van der Waals surface area contributed by atoms with Crippen LogP contribution in [0, 0.1) is 6.92 Å². The van der Waals surface area contributed by atoms with Gasteiger partial charge in [0.05, 0.1) is 0 Å². The van der Waals surface area contributed by atoms with Gasteiger partial charge in [-0.3, -0.25) is 0 Å². The highest BCUT2D eigenvalue weighted by Crippen LogP contribution is 2.04. The number of hydrogen-bond acceptors (Lipinski definition) is 1. The van der Waals surface area contributed by atoms with Crippen LogP contribution >= 0.6 is 0 Å². The zero-order valence-corrected chi connectivity index (χ0v) is 6.53. The van der Waals surface area contributed by atoms with Gasteiger partial charge in [0.15, 0.2) is 0 Å². The molecule has 2 heteroatoms. The third kappa shape index (κ3) is 2.58. The van der Waals surface area contributed by atoms with Crippen LogP contribution in [-0.4, -0.2) is 11.1 Å². The molecule has 1 aromatic rings. The zero-order valence-electron chi connectivity index (χ0n) is 6.53. The topological polar surface area (TPSA) is 37.3 Å². The van der Waals surface area contributed by atoms with E-state index in [1.165, 1.54) is 0 Å². The molecule has 0 spiro atoms. The molecule has 0 aliphatic carbocycles. The number of carbonyl (C=O) groups is 1. The summed E-state index contributed by atoms with van der Waals surface area (Å²) in [6.45, 7) is 3.72. The lowest BCUT2D eigenvalue weighted by molar-refractivity contribution is -0.131. The van der Waals surface area contributed by atoms with E-state index >= 15 is 0 Å². The zero-order chi connectivity index (χ0) is 8.97. The van der Waals surface area contributed by atoms with Gasteiger partial charge in [0.2, 0.25) is 0 Å². The van der Waals surface area contributed by atoms with Gasteiger partial charge in [-0.15, -0.1) is 0 Å². The quantitative estimate of drug-likeness (QED) is 0.673. The molecule has 0 fully saturated rings. The lowest BCUT2D eigenvalue weighted by Crippen LogP contribution is -1.85. The van der Waals surface area contributed by atoms with Gasteiger partial charge in [0.1, 0.15) is 0 Å². The van der Waals surface area contributed by atoms with Gasteiger partial charge in [0.25, 0.3) is 0 Å². The molecule has 1 rings (SSSR count). The summed E-state index contributed by atoms with van der Waals surface area (Å²) in [5.74, 6) is -0.936. The van der Waals surface area contributed by atoms with Gasteiger partial charge in [-0.2, -0.15) is 0 Å². The second-order valence-corrected chi connectivity index (χ2v) is 2.41. The summed E-state index contributed by atoms with van der Waals surface area (Å²) in [6.07, 6.45) is 2.65. The summed E-state index contributed by atoms with van der Waals surface area (Å²) < 4.78 is 0. The molecule has 1 radical (unpaired) electrons. The van der Waals surface area contributed by atoms with Gasteiger partial charge < -0.3 is 5.11 Å². The normalized spacial score (nSPS) is 10.4. The van der Waals surface area contributed by atoms with E-state index in [4.69, 9.17) is 5.11 Å². The first kappa shape index (κ1) is 8.53. The van der Waals surface area contributed by atoms with Crippen molar-refractivity contribution in [3.8, 4) is 0 Å². The number of carboxylic acids is 1. The molecule has 0 heterocycles. The third-order valence-corrected chi connectivity index (χ3v) is 1.40. The largest absolute Gasteiger partial charge is 0.478 e. The van der Waals surface area contributed by atoms with Gasteiger partial charge >= 0.3 is 5.97 Å². The van der Waals surface area contributed by atoms with Crippen molar-refractivity contribution in [2.45, 2.75) is 0 Å². The summed E-state index contributed by atoms with van der Waals surface area (Å²) in [5, 5.41) is 8.33. The standard InChI is InChI=1S/C10H9O2/c1-8-2-4-9(5-3-8)6-7-10(11)12/h2-7H,1H2,(H,11,12)/b7-6+. The molecule has 0 aliphatic heterocycles. The number of aliphatic carboxylic acids is 1. The molecule has 0 atom stereocenters. The molecule has 0 unspecified atom stereocenters. The van der Waals surface area contributed by atoms with E-state index in [2.05, 4.69) is 6.92 Å². The predicted molar refractivity (Wildman–Crippen MR) is 47.6 cm³/mol. The average molecular weight is 161 g/mol. The van der Waals surface area contributed by atoms with Crippen LogP contribution in [0.15, 0.2) is 30.3 Å². The van der Waals surface area contributed by atoms with Crippen molar-refractivity contribution < 1.29 is 9.90 Å². The van der Waals surface area contributed by atoms with Crippen LogP contribution in [-0.2, 0) is 4.79 Å². The summed E-state index contributed by atoms with van der Waals surface area (Å²) >= 11 is 0. The minimum absolute atomic E-state index is 0.866. The van der Waals surface area contributed by atoms with Gasteiger partial charge in [-0.1, -0.05) is 24.3 Å². The Hall–Kier alpha value is -1.57. The van der Waals surface area contributed by atoms with Crippen LogP contribution in [0.5, 0.6) is 0 Å². The Bertz CT molecular complexity index is 296. The fourth-order valence-electron chi connectivity index (χ4n) is 0.796. The molecule has 1 N–H and O–H groups in total. The summed E-state index contributed by atoms with van der Waals surface area (Å²) in [4.78, 5) is 10.1. The maximum absolute atomic E-state index is 10.1. The van der Waals surface area contributed by atoms with Gasteiger partial charge in [-0.25, -0.2) is 4.79 Å². The van der Waals surface area contributed by atoms with Crippen molar-refractivity contribution >= 4 is 12.0 Å². The molecule has 2 nitrogen and oxygen atoms in total. The second kappa shape index (κ2) is 3.72. The van der Waals surface area contributed by atoms with E-state index in [1.807, 2.05) is 24.3 Å². The van der Waals surface area contributed by atoms with Crippen LogP contribution in [0.2, 0.25) is 0 Å². The molecule has 0 bridgehead atoms. The first-order valence-corrected chi connectivity index (χ1v) is 3.51. The van der Waals surface area contributed by atoms with Crippen molar-refractivity contribution in [3.05, 3.63) is 48.4 Å². The van der Waals surface area contributed by atoms with Gasteiger partial charge in [0, 0.05) is 6.08 Å².